The van der Waals surface area contributed by atoms with Crippen molar-refractivity contribution in [3.05, 3.63) is 220 Å². The average molecular weight is 847 g/mol. The third kappa shape index (κ3) is 6.11. The zero-order chi connectivity index (χ0) is 47.9. The molecule has 0 saturated carbocycles. The van der Waals surface area contributed by atoms with Crippen molar-refractivity contribution in [3.63, 3.8) is 0 Å². The monoisotopic (exact) mass is 846 g/mol. The number of hydrogen-bond acceptors (Lipinski definition) is 1. The number of nitrogens with zero attached hydrogens (tertiary/aromatic N) is 1. The molecule has 0 amide bonds. The van der Waals surface area contributed by atoms with E-state index in [0.29, 0.717) is 0 Å². The van der Waals surface area contributed by atoms with Gasteiger partial charge in [0.25, 0.3) is 0 Å². The Morgan fingerprint density at radius 1 is 0.369 bits per heavy atom. The predicted molar refractivity (Wildman–Crippen MR) is 277 cm³/mol. The molecule has 8 aromatic carbocycles. The molecule has 0 bridgehead atoms. The molecule has 0 N–H and O–H groups in total. The van der Waals surface area contributed by atoms with Gasteiger partial charge in [0.05, 0.1) is 11.1 Å². The fourth-order valence-electron chi connectivity index (χ4n) is 11.5. The number of para-hydroxylation sites is 1. The quantitative estimate of drug-likeness (QED) is 0.171. The van der Waals surface area contributed by atoms with Gasteiger partial charge in [-0.25, -0.2) is 0 Å². The molecule has 3 aliphatic carbocycles. The lowest BCUT2D eigenvalue weighted by Crippen LogP contribution is -2.27. The van der Waals surface area contributed by atoms with Crippen LogP contribution in [0.15, 0.2) is 170 Å². The summed E-state index contributed by atoms with van der Waals surface area (Å²) in [7, 11) is 0. The van der Waals surface area contributed by atoms with E-state index in [1.807, 2.05) is 26.0 Å². The van der Waals surface area contributed by atoms with Crippen LogP contribution in [-0.4, -0.2) is 0 Å². The molecule has 11 rings (SSSR count). The van der Waals surface area contributed by atoms with Crippen LogP contribution in [0, 0.1) is 0 Å². The molecular formula is C64H61N. The standard InChI is InChI=1S/C64H61N/c1-60(2,3)41-26-24-40(25-27-41)46-18-14-17-23-59(46)65(44-31-35-54-52(38-44)48-20-12-15-21-53(48)63(54,10)11)45-30-34-51-47-19-13-16-22-55(47)64(58(51)39-45)56-36-42(61(4,5)6)28-32-49(56)50-33-29-43(37-57(50)64)62(7,8)9/h12-39H,1-11H3/i1D3. The summed E-state index contributed by atoms with van der Waals surface area (Å²) in [6.07, 6.45) is 0. The van der Waals surface area contributed by atoms with E-state index in [9.17, 15) is 0 Å². The fraction of sp³-hybridized carbons (Fsp3) is 0.250. The van der Waals surface area contributed by atoms with Crippen molar-refractivity contribution in [1.82, 2.24) is 0 Å². The van der Waals surface area contributed by atoms with Crippen molar-refractivity contribution in [2.45, 2.75) is 103 Å². The molecule has 1 spiro atoms. The molecule has 8 aromatic rings. The molecule has 65 heavy (non-hydrogen) atoms. The maximum atomic E-state index is 8.33. The number of hydrogen-bond donors (Lipinski definition) is 0. The highest BCUT2D eigenvalue weighted by Gasteiger charge is 2.52. The highest BCUT2D eigenvalue weighted by molar-refractivity contribution is 5.98. The van der Waals surface area contributed by atoms with Gasteiger partial charge >= 0.3 is 0 Å². The highest BCUT2D eigenvalue weighted by atomic mass is 15.1. The van der Waals surface area contributed by atoms with Gasteiger partial charge < -0.3 is 4.90 Å². The van der Waals surface area contributed by atoms with Crippen LogP contribution in [0.25, 0.3) is 44.5 Å². The van der Waals surface area contributed by atoms with E-state index < -0.39 is 17.7 Å². The minimum Gasteiger partial charge on any atom is -0.310 e. The first-order valence-electron chi connectivity index (χ1n) is 24.9. The van der Waals surface area contributed by atoms with Gasteiger partial charge in [-0.05, 0) is 136 Å². The van der Waals surface area contributed by atoms with Crippen LogP contribution < -0.4 is 4.90 Å². The molecule has 1 nitrogen and oxygen atoms in total. The fourth-order valence-corrected chi connectivity index (χ4v) is 11.5. The minimum atomic E-state index is -2.14. The molecule has 0 aliphatic heterocycles. The van der Waals surface area contributed by atoms with Crippen LogP contribution in [0.4, 0.5) is 17.1 Å². The first-order chi connectivity index (χ1) is 32.1. The highest BCUT2D eigenvalue weighted by Crippen LogP contribution is 2.64. The Labute approximate surface area is 392 Å². The summed E-state index contributed by atoms with van der Waals surface area (Å²) in [5.74, 6) is 0. The summed E-state index contributed by atoms with van der Waals surface area (Å²) in [4.78, 5) is 2.47. The summed E-state index contributed by atoms with van der Waals surface area (Å²) >= 11 is 0. The summed E-state index contributed by atoms with van der Waals surface area (Å²) < 4.78 is 25.0. The van der Waals surface area contributed by atoms with Crippen molar-refractivity contribution in [2.75, 3.05) is 4.90 Å². The molecule has 0 aromatic heterocycles. The maximum Gasteiger partial charge on any atom is 0.0726 e. The van der Waals surface area contributed by atoms with E-state index >= 15 is 0 Å². The summed E-state index contributed by atoms with van der Waals surface area (Å²) in [5.41, 5.74) is 22.6. The minimum absolute atomic E-state index is 0.0493. The summed E-state index contributed by atoms with van der Waals surface area (Å²) in [6.45, 7) is 20.1. The number of rotatable bonds is 4. The molecule has 0 heterocycles. The van der Waals surface area contributed by atoms with Crippen molar-refractivity contribution in [1.29, 1.82) is 0 Å². The second kappa shape index (κ2) is 14.0. The van der Waals surface area contributed by atoms with Crippen molar-refractivity contribution < 1.29 is 4.11 Å². The van der Waals surface area contributed by atoms with Crippen LogP contribution in [0.2, 0.25) is 0 Å². The Morgan fingerprint density at radius 3 is 1.42 bits per heavy atom. The van der Waals surface area contributed by atoms with Gasteiger partial charge in [0.15, 0.2) is 0 Å². The van der Waals surface area contributed by atoms with E-state index in [4.69, 9.17) is 4.11 Å². The van der Waals surface area contributed by atoms with Gasteiger partial charge in [0.2, 0.25) is 0 Å². The van der Waals surface area contributed by atoms with Gasteiger partial charge in [-0.3, -0.25) is 0 Å². The van der Waals surface area contributed by atoms with Gasteiger partial charge in [-0.15, -0.1) is 0 Å². The average Bonchev–Trinajstić information content (AvgIpc) is 3.86. The second-order valence-electron chi connectivity index (χ2n) is 22.0. The smallest absolute Gasteiger partial charge is 0.0726 e. The van der Waals surface area contributed by atoms with Gasteiger partial charge in [-0.1, -0.05) is 216 Å². The molecule has 3 aliphatic rings. The van der Waals surface area contributed by atoms with Crippen molar-refractivity contribution in [2.24, 2.45) is 0 Å². The Balaban J connectivity index is 1.19. The maximum absolute atomic E-state index is 8.33. The van der Waals surface area contributed by atoms with E-state index in [-0.39, 0.29) is 16.2 Å². The van der Waals surface area contributed by atoms with E-state index in [1.54, 1.807) is 0 Å². The molecule has 0 fully saturated rings. The predicted octanol–water partition coefficient (Wildman–Crippen LogP) is 17.4. The second-order valence-corrected chi connectivity index (χ2v) is 22.0. The third-order valence-electron chi connectivity index (χ3n) is 15.0. The molecule has 0 unspecified atom stereocenters. The molecule has 1 heteroatoms. The molecular weight excluding hydrogens is 783 g/mol. The summed E-state index contributed by atoms with van der Waals surface area (Å²) in [5, 5.41) is 0. The molecule has 0 saturated heterocycles. The van der Waals surface area contributed by atoms with Crippen LogP contribution >= 0.6 is 0 Å². The number of anilines is 3. The molecule has 0 atom stereocenters. The largest absolute Gasteiger partial charge is 0.310 e. The van der Waals surface area contributed by atoms with Crippen molar-refractivity contribution >= 4 is 17.1 Å². The van der Waals surface area contributed by atoms with Gasteiger partial charge in [0, 0.05) is 26.5 Å². The zero-order valence-corrected chi connectivity index (χ0v) is 39.6. The normalized spacial score (nSPS) is 15.8. The molecule has 0 radical (unpaired) electrons. The lowest BCUT2D eigenvalue weighted by atomic mass is 9.68. The summed E-state index contributed by atoms with van der Waals surface area (Å²) in [6, 6.07) is 63.7. The van der Waals surface area contributed by atoms with Crippen LogP contribution in [-0.2, 0) is 27.1 Å². The lowest BCUT2D eigenvalue weighted by molar-refractivity contribution is 0.586. The lowest BCUT2D eigenvalue weighted by Gasteiger charge is -2.34. The Kier molecular flexibility index (Phi) is 8.18. The third-order valence-corrected chi connectivity index (χ3v) is 15.0. The van der Waals surface area contributed by atoms with E-state index in [0.717, 1.165) is 33.8 Å². The number of fused-ring (bicyclic) bond motifs is 13. The van der Waals surface area contributed by atoms with Gasteiger partial charge in [-0.2, -0.15) is 0 Å². The zero-order valence-electron chi connectivity index (χ0n) is 42.6. The molecule has 322 valence electrons. The Bertz CT molecular complexity index is 3290. The Morgan fingerprint density at radius 2 is 0.815 bits per heavy atom. The topological polar surface area (TPSA) is 3.24 Å². The SMILES string of the molecule is [2H]C([2H])([2H])C(C)(C)c1ccc(-c2ccccc2N(c2ccc3c(c2)-c2ccccc2C3(C)C)c2ccc3c(c2)C2(c4ccccc4-3)c3cc(C(C)(C)C)ccc3-c3ccc(C(C)(C)C)cc32)cc1. The first kappa shape index (κ1) is 37.9. The van der Waals surface area contributed by atoms with E-state index in [1.165, 1.54) is 77.9 Å². The van der Waals surface area contributed by atoms with E-state index in [2.05, 4.69) is 218 Å². The van der Waals surface area contributed by atoms with Gasteiger partial charge in [0.1, 0.15) is 0 Å². The number of benzene rings is 8. The first-order valence-corrected chi connectivity index (χ1v) is 23.4. The Hall–Kier alpha value is -6.44. The van der Waals surface area contributed by atoms with Crippen LogP contribution in [0.1, 0.15) is 130 Å². The van der Waals surface area contributed by atoms with Crippen LogP contribution in [0.3, 0.4) is 0 Å². The van der Waals surface area contributed by atoms with Crippen LogP contribution in [0.5, 0.6) is 0 Å². The van der Waals surface area contributed by atoms with Crippen molar-refractivity contribution in [3.8, 4) is 44.5 Å².